The van der Waals surface area contributed by atoms with Gasteiger partial charge in [0, 0.05) is 12.8 Å². The summed E-state index contributed by atoms with van der Waals surface area (Å²) < 4.78 is 45.7. The predicted molar refractivity (Wildman–Crippen MR) is 134 cm³/mol. The van der Waals surface area contributed by atoms with Crippen LogP contribution >= 0.6 is 11.3 Å². The SMILES string of the molecule is O=C(NC1C[N+]2(CC(=O)c3cccs3)CCC1CC2)OC(c1ccccc1)c1ccc(C(F)(F)F)cc1. The van der Waals surface area contributed by atoms with Gasteiger partial charge in [-0.15, -0.1) is 11.3 Å². The second-order valence-corrected chi connectivity index (χ2v) is 10.9. The first-order valence-electron chi connectivity index (χ1n) is 12.3. The van der Waals surface area contributed by atoms with Crippen LogP contribution in [0.3, 0.4) is 0 Å². The first-order valence-corrected chi connectivity index (χ1v) is 13.2. The van der Waals surface area contributed by atoms with Gasteiger partial charge in [0.2, 0.25) is 5.78 Å². The van der Waals surface area contributed by atoms with E-state index in [4.69, 9.17) is 4.74 Å². The van der Waals surface area contributed by atoms with Gasteiger partial charge in [-0.05, 0) is 40.6 Å². The van der Waals surface area contributed by atoms with Crippen molar-refractivity contribution < 1.29 is 32.0 Å². The topological polar surface area (TPSA) is 55.4 Å². The quantitative estimate of drug-likeness (QED) is 0.298. The number of Topliss-reactive ketones (excluding diaryl/α,β-unsaturated/α-hetero) is 1. The summed E-state index contributed by atoms with van der Waals surface area (Å²) >= 11 is 1.45. The van der Waals surface area contributed by atoms with E-state index in [0.29, 0.717) is 34.6 Å². The minimum atomic E-state index is -4.45. The number of nitrogens with zero attached hydrogens (tertiary/aromatic N) is 1. The number of carbonyl (C=O) groups excluding carboxylic acids is 2. The van der Waals surface area contributed by atoms with Crippen LogP contribution in [-0.4, -0.2) is 48.6 Å². The highest BCUT2D eigenvalue weighted by molar-refractivity contribution is 7.12. The van der Waals surface area contributed by atoms with Crippen LogP contribution in [-0.2, 0) is 10.9 Å². The van der Waals surface area contributed by atoms with Gasteiger partial charge in [-0.1, -0.05) is 48.5 Å². The molecule has 1 aromatic heterocycles. The lowest BCUT2D eigenvalue weighted by molar-refractivity contribution is -0.936. The smallest absolute Gasteiger partial charge is 0.416 e. The summed E-state index contributed by atoms with van der Waals surface area (Å²) in [5.41, 5.74) is 0.357. The molecule has 3 saturated heterocycles. The number of halogens is 3. The lowest BCUT2D eigenvalue weighted by Gasteiger charge is -2.52. The Kier molecular flexibility index (Phi) is 7.09. The molecule has 2 bridgehead atoms. The van der Waals surface area contributed by atoms with Crippen LogP contribution < -0.4 is 5.32 Å². The first kappa shape index (κ1) is 25.5. The van der Waals surface area contributed by atoms with Crippen molar-refractivity contribution in [2.24, 2.45) is 5.92 Å². The molecule has 1 N–H and O–H groups in total. The van der Waals surface area contributed by atoms with Crippen molar-refractivity contribution >= 4 is 23.2 Å². The Labute approximate surface area is 217 Å². The summed E-state index contributed by atoms with van der Waals surface area (Å²) in [5, 5.41) is 4.92. The summed E-state index contributed by atoms with van der Waals surface area (Å²) in [6.45, 7) is 2.90. The number of fused-ring (bicyclic) bond motifs is 3. The van der Waals surface area contributed by atoms with Gasteiger partial charge >= 0.3 is 12.3 Å². The average molecular weight is 530 g/mol. The van der Waals surface area contributed by atoms with Gasteiger partial charge in [0.1, 0.15) is 6.54 Å². The number of carbonyl (C=O) groups is 2. The highest BCUT2D eigenvalue weighted by Crippen LogP contribution is 2.35. The number of benzene rings is 2. The van der Waals surface area contributed by atoms with Gasteiger partial charge in [-0.3, -0.25) is 4.79 Å². The van der Waals surface area contributed by atoms with E-state index in [1.165, 1.54) is 23.5 Å². The number of alkyl carbamates (subject to hydrolysis) is 1. The Balaban J connectivity index is 1.29. The van der Waals surface area contributed by atoms with Crippen molar-refractivity contribution in [1.29, 1.82) is 0 Å². The van der Waals surface area contributed by atoms with Crippen molar-refractivity contribution in [1.82, 2.24) is 5.32 Å². The number of ketones is 1. The number of ether oxygens (including phenoxy) is 1. The molecule has 3 aliphatic heterocycles. The van der Waals surface area contributed by atoms with E-state index >= 15 is 0 Å². The third kappa shape index (κ3) is 5.72. The van der Waals surface area contributed by atoms with Crippen LogP contribution in [0.15, 0.2) is 72.1 Å². The van der Waals surface area contributed by atoms with Gasteiger partial charge in [-0.2, -0.15) is 13.2 Å². The molecule has 194 valence electrons. The molecule has 6 rings (SSSR count). The monoisotopic (exact) mass is 529 g/mol. The Morgan fingerprint density at radius 3 is 2.27 bits per heavy atom. The molecule has 1 amide bonds. The molecule has 0 saturated carbocycles. The van der Waals surface area contributed by atoms with Crippen LogP contribution in [0.1, 0.15) is 45.3 Å². The third-order valence-electron chi connectivity index (χ3n) is 7.55. The Morgan fingerprint density at radius 1 is 0.973 bits per heavy atom. The number of nitrogens with one attached hydrogen (secondary N) is 1. The molecular formula is C28H28F3N2O3S+. The standard InChI is InChI=1S/C28H27F3N2O3S/c29-28(30,31)22-10-8-21(9-11-22)26(20-5-2-1-3-6-20)36-27(35)32-23-17-33(14-12-19(23)13-15-33)18-24(34)25-7-4-16-37-25/h1-11,16,19,23,26H,12-15,17-18H2/p+1. The number of piperidine rings is 3. The van der Waals surface area contributed by atoms with E-state index in [2.05, 4.69) is 5.32 Å². The van der Waals surface area contributed by atoms with Gasteiger partial charge in [0.05, 0.1) is 36.1 Å². The van der Waals surface area contributed by atoms with Crippen molar-refractivity contribution in [3.05, 3.63) is 93.7 Å². The number of rotatable bonds is 7. The molecule has 37 heavy (non-hydrogen) atoms. The van der Waals surface area contributed by atoms with E-state index in [0.717, 1.165) is 42.9 Å². The fourth-order valence-electron chi connectivity index (χ4n) is 5.59. The summed E-state index contributed by atoms with van der Waals surface area (Å²) in [4.78, 5) is 26.7. The number of thiophene rings is 1. The largest absolute Gasteiger partial charge is 0.436 e. The molecule has 3 fully saturated rings. The van der Waals surface area contributed by atoms with Crippen LogP contribution in [0.5, 0.6) is 0 Å². The molecule has 9 heteroatoms. The summed E-state index contributed by atoms with van der Waals surface area (Å²) in [6, 6.07) is 17.2. The molecule has 0 aliphatic carbocycles. The number of amides is 1. The maximum absolute atomic E-state index is 13.1. The van der Waals surface area contributed by atoms with Crippen LogP contribution in [0.4, 0.5) is 18.0 Å². The molecule has 5 nitrogen and oxygen atoms in total. The van der Waals surface area contributed by atoms with E-state index in [9.17, 15) is 22.8 Å². The number of alkyl halides is 3. The Morgan fingerprint density at radius 2 is 1.65 bits per heavy atom. The van der Waals surface area contributed by atoms with E-state index < -0.39 is 23.9 Å². The molecule has 2 atom stereocenters. The van der Waals surface area contributed by atoms with Gasteiger partial charge in [0.15, 0.2) is 6.10 Å². The van der Waals surface area contributed by atoms with Crippen LogP contribution in [0.2, 0.25) is 0 Å². The van der Waals surface area contributed by atoms with Crippen molar-refractivity contribution in [3.63, 3.8) is 0 Å². The second kappa shape index (κ2) is 10.3. The lowest BCUT2D eigenvalue weighted by atomic mass is 9.81. The Bertz CT molecular complexity index is 1220. The molecule has 0 spiro atoms. The molecule has 3 aromatic rings. The zero-order chi connectivity index (χ0) is 26.0. The highest BCUT2D eigenvalue weighted by atomic mass is 32.1. The fraction of sp³-hybridized carbons (Fsp3) is 0.357. The maximum atomic E-state index is 13.1. The normalized spacial score (nSPS) is 23.9. The summed E-state index contributed by atoms with van der Waals surface area (Å²) in [5.74, 6) is 0.439. The van der Waals surface area contributed by atoms with Crippen LogP contribution in [0, 0.1) is 5.92 Å². The zero-order valence-corrected chi connectivity index (χ0v) is 20.9. The summed E-state index contributed by atoms with van der Waals surface area (Å²) in [7, 11) is 0. The fourth-order valence-corrected chi connectivity index (χ4v) is 6.25. The molecule has 0 radical (unpaired) electrons. The van der Waals surface area contributed by atoms with Crippen molar-refractivity contribution in [3.8, 4) is 0 Å². The minimum absolute atomic E-state index is 0.128. The van der Waals surface area contributed by atoms with E-state index in [-0.39, 0.29) is 11.8 Å². The van der Waals surface area contributed by atoms with E-state index in [1.54, 1.807) is 24.3 Å². The van der Waals surface area contributed by atoms with Gasteiger partial charge < -0.3 is 14.5 Å². The molecule has 3 aliphatic rings. The predicted octanol–water partition coefficient (Wildman–Crippen LogP) is 6.07. The van der Waals surface area contributed by atoms with E-state index in [1.807, 2.05) is 23.6 Å². The van der Waals surface area contributed by atoms with Crippen LogP contribution in [0.25, 0.3) is 0 Å². The third-order valence-corrected chi connectivity index (χ3v) is 8.46. The number of quaternary nitrogens is 1. The van der Waals surface area contributed by atoms with Gasteiger partial charge in [-0.25, -0.2) is 4.79 Å². The average Bonchev–Trinajstić information content (AvgIpc) is 3.43. The molecule has 2 aromatic carbocycles. The minimum Gasteiger partial charge on any atom is -0.436 e. The van der Waals surface area contributed by atoms with Crippen molar-refractivity contribution in [2.45, 2.75) is 31.2 Å². The first-order chi connectivity index (χ1) is 17.7. The molecular weight excluding hydrogens is 501 g/mol. The molecule has 4 heterocycles. The van der Waals surface area contributed by atoms with Crippen molar-refractivity contribution in [2.75, 3.05) is 26.2 Å². The second-order valence-electron chi connectivity index (χ2n) is 9.93. The zero-order valence-electron chi connectivity index (χ0n) is 20.1. The Hall–Kier alpha value is -3.17. The highest BCUT2D eigenvalue weighted by Gasteiger charge is 2.47. The maximum Gasteiger partial charge on any atom is 0.416 e. The molecule has 2 unspecified atom stereocenters. The number of hydrogen-bond donors (Lipinski definition) is 1. The summed E-state index contributed by atoms with van der Waals surface area (Å²) in [6.07, 6.45) is -4.07. The van der Waals surface area contributed by atoms with Gasteiger partial charge in [0.25, 0.3) is 0 Å². The number of hydrogen-bond acceptors (Lipinski definition) is 4. The lowest BCUT2D eigenvalue weighted by Crippen LogP contribution is -2.68.